The highest BCUT2D eigenvalue weighted by Gasteiger charge is 2.28. The summed E-state index contributed by atoms with van der Waals surface area (Å²) in [5, 5.41) is 2.57. The van der Waals surface area contributed by atoms with Crippen LogP contribution in [0.3, 0.4) is 0 Å². The van der Waals surface area contributed by atoms with E-state index in [0.29, 0.717) is 11.4 Å². The van der Waals surface area contributed by atoms with Gasteiger partial charge in [-0.3, -0.25) is 13.9 Å². The number of methoxy groups -OCH3 is 1. The Balaban J connectivity index is 2.44. The number of esters is 1. The highest BCUT2D eigenvalue weighted by atomic mass is 32.2. The fraction of sp³-hybridized carbons (Fsp3) is 0.263. The van der Waals surface area contributed by atoms with Crippen LogP contribution in [0.5, 0.6) is 5.75 Å². The van der Waals surface area contributed by atoms with E-state index in [1.807, 2.05) is 0 Å². The first-order valence-corrected chi connectivity index (χ1v) is 9.92. The summed E-state index contributed by atoms with van der Waals surface area (Å²) in [7, 11) is -2.61. The average molecular weight is 406 g/mol. The molecule has 0 aliphatic carbocycles. The van der Waals surface area contributed by atoms with Crippen molar-refractivity contribution >= 4 is 33.3 Å². The first-order chi connectivity index (χ1) is 13.3. The molecule has 150 valence electrons. The van der Waals surface area contributed by atoms with E-state index >= 15 is 0 Å². The number of amides is 1. The van der Waals surface area contributed by atoms with Crippen LogP contribution in [0.2, 0.25) is 0 Å². The third-order valence-electron chi connectivity index (χ3n) is 3.68. The lowest BCUT2D eigenvalue weighted by Gasteiger charge is -2.24. The fourth-order valence-electron chi connectivity index (χ4n) is 2.45. The molecule has 0 spiro atoms. The number of carbonyl (C=O) groups excluding carboxylic acids is 2. The van der Waals surface area contributed by atoms with Crippen molar-refractivity contribution in [2.45, 2.75) is 18.7 Å². The topological polar surface area (TPSA) is 102 Å². The Morgan fingerprint density at radius 2 is 1.79 bits per heavy atom. The van der Waals surface area contributed by atoms with Crippen molar-refractivity contribution in [2.75, 3.05) is 29.9 Å². The molecule has 0 aromatic heterocycles. The lowest BCUT2D eigenvalue weighted by atomic mass is 10.3. The van der Waals surface area contributed by atoms with Crippen LogP contribution >= 0.6 is 0 Å². The smallest absolute Gasteiger partial charge is 0.326 e. The van der Waals surface area contributed by atoms with Crippen LogP contribution in [0.1, 0.15) is 13.8 Å². The molecule has 0 saturated carbocycles. The molecular formula is C19H22N2O6S. The number of benzene rings is 2. The molecule has 0 saturated heterocycles. The summed E-state index contributed by atoms with van der Waals surface area (Å²) < 4.78 is 37.4. The Bertz CT molecular complexity index is 941. The molecule has 2 aromatic carbocycles. The zero-order valence-corrected chi connectivity index (χ0v) is 16.7. The van der Waals surface area contributed by atoms with E-state index in [1.54, 1.807) is 25.1 Å². The van der Waals surface area contributed by atoms with Gasteiger partial charge in [0.15, 0.2) is 0 Å². The van der Waals surface area contributed by atoms with E-state index in [2.05, 4.69) is 5.32 Å². The summed E-state index contributed by atoms with van der Waals surface area (Å²) in [5.74, 6) is -0.498. The first-order valence-electron chi connectivity index (χ1n) is 8.48. The molecule has 2 rings (SSSR count). The number of anilines is 2. The highest BCUT2D eigenvalue weighted by Crippen LogP contribution is 2.27. The number of rotatable bonds is 8. The third kappa shape index (κ3) is 5.23. The van der Waals surface area contributed by atoms with E-state index < -0.39 is 22.5 Å². The van der Waals surface area contributed by atoms with Crippen molar-refractivity contribution in [3.63, 3.8) is 0 Å². The third-order valence-corrected chi connectivity index (χ3v) is 5.47. The summed E-state index contributed by atoms with van der Waals surface area (Å²) in [6.45, 7) is 2.64. The lowest BCUT2D eigenvalue weighted by molar-refractivity contribution is -0.141. The van der Waals surface area contributed by atoms with Gasteiger partial charge in [-0.25, -0.2) is 8.42 Å². The molecular weight excluding hydrogens is 384 g/mol. The minimum absolute atomic E-state index is 0.0336. The molecule has 9 heteroatoms. The van der Waals surface area contributed by atoms with E-state index in [4.69, 9.17) is 9.47 Å². The molecule has 1 N–H and O–H groups in total. The zero-order chi connectivity index (χ0) is 20.7. The molecule has 0 heterocycles. The number of hydrogen-bond donors (Lipinski definition) is 1. The van der Waals surface area contributed by atoms with Crippen LogP contribution in [0, 0.1) is 0 Å². The Morgan fingerprint density at radius 3 is 2.36 bits per heavy atom. The quantitative estimate of drug-likeness (QED) is 0.676. The molecule has 0 aliphatic rings. The number of nitrogens with one attached hydrogen (secondary N) is 1. The van der Waals surface area contributed by atoms with Crippen molar-refractivity contribution in [1.29, 1.82) is 0 Å². The van der Waals surface area contributed by atoms with E-state index in [0.717, 1.165) is 4.31 Å². The maximum absolute atomic E-state index is 13.2. The van der Waals surface area contributed by atoms with Crippen LogP contribution in [0.4, 0.5) is 11.4 Å². The Morgan fingerprint density at radius 1 is 1.11 bits per heavy atom. The van der Waals surface area contributed by atoms with Crippen molar-refractivity contribution in [3.8, 4) is 5.75 Å². The van der Waals surface area contributed by atoms with Crippen molar-refractivity contribution in [2.24, 2.45) is 0 Å². The van der Waals surface area contributed by atoms with Gasteiger partial charge in [0.25, 0.3) is 10.0 Å². The number of ether oxygens (including phenoxy) is 2. The second-order valence-electron chi connectivity index (χ2n) is 5.72. The summed E-state index contributed by atoms with van der Waals surface area (Å²) in [5.41, 5.74) is 0.725. The van der Waals surface area contributed by atoms with Gasteiger partial charge in [-0.2, -0.15) is 0 Å². The van der Waals surface area contributed by atoms with E-state index in [-0.39, 0.29) is 23.1 Å². The highest BCUT2D eigenvalue weighted by molar-refractivity contribution is 7.92. The predicted octanol–water partition coefficient (Wildman–Crippen LogP) is 2.41. The van der Waals surface area contributed by atoms with Crippen LogP contribution in [-0.2, 0) is 24.3 Å². The van der Waals surface area contributed by atoms with Crippen molar-refractivity contribution in [3.05, 3.63) is 48.5 Å². The molecule has 0 aliphatic heterocycles. The second kappa shape index (κ2) is 9.23. The molecule has 0 unspecified atom stereocenters. The van der Waals surface area contributed by atoms with Gasteiger partial charge in [0.05, 0.1) is 24.3 Å². The zero-order valence-electron chi connectivity index (χ0n) is 15.8. The molecule has 1 amide bonds. The summed E-state index contributed by atoms with van der Waals surface area (Å²) in [4.78, 5) is 23.1. The minimum Gasteiger partial charge on any atom is -0.497 e. The molecule has 28 heavy (non-hydrogen) atoms. The summed E-state index contributed by atoms with van der Waals surface area (Å²) in [6.07, 6.45) is 0. The largest absolute Gasteiger partial charge is 0.497 e. The van der Waals surface area contributed by atoms with Gasteiger partial charge in [0.2, 0.25) is 5.91 Å². The Kier molecular flexibility index (Phi) is 7.00. The molecule has 0 radical (unpaired) electrons. The standard InChI is InChI=1S/C19H22N2O6S/c1-4-27-19(23)13-21(16-6-5-7-17(12-16)26-3)28(24,25)18-10-8-15(9-11-18)20-14(2)22/h5-12H,4,13H2,1-3H3,(H,20,22). The van der Waals surface area contributed by atoms with Crippen LogP contribution in [0.15, 0.2) is 53.4 Å². The van der Waals surface area contributed by atoms with Crippen LogP contribution < -0.4 is 14.4 Å². The molecule has 8 nitrogen and oxygen atoms in total. The van der Waals surface area contributed by atoms with Crippen LogP contribution in [-0.4, -0.2) is 40.6 Å². The molecule has 0 bridgehead atoms. The van der Waals surface area contributed by atoms with Gasteiger partial charge in [-0.05, 0) is 43.3 Å². The Hall–Kier alpha value is -3.07. The number of hydrogen-bond acceptors (Lipinski definition) is 6. The molecule has 0 fully saturated rings. The number of sulfonamides is 1. The van der Waals surface area contributed by atoms with E-state index in [1.165, 1.54) is 44.4 Å². The monoisotopic (exact) mass is 406 g/mol. The second-order valence-corrected chi connectivity index (χ2v) is 7.59. The van der Waals surface area contributed by atoms with Gasteiger partial charge in [-0.1, -0.05) is 6.07 Å². The summed E-state index contributed by atoms with van der Waals surface area (Å²) in [6, 6.07) is 12.0. The lowest BCUT2D eigenvalue weighted by Crippen LogP contribution is -2.36. The van der Waals surface area contributed by atoms with Gasteiger partial charge in [-0.15, -0.1) is 0 Å². The van der Waals surface area contributed by atoms with Gasteiger partial charge < -0.3 is 14.8 Å². The predicted molar refractivity (Wildman–Crippen MR) is 105 cm³/mol. The number of nitrogens with zero attached hydrogens (tertiary/aromatic N) is 1. The number of carbonyl (C=O) groups is 2. The normalized spacial score (nSPS) is 10.8. The van der Waals surface area contributed by atoms with E-state index in [9.17, 15) is 18.0 Å². The van der Waals surface area contributed by atoms with Gasteiger partial charge in [0.1, 0.15) is 12.3 Å². The SMILES string of the molecule is CCOC(=O)CN(c1cccc(OC)c1)S(=O)(=O)c1ccc(NC(C)=O)cc1. The van der Waals surface area contributed by atoms with Crippen molar-refractivity contribution < 1.29 is 27.5 Å². The molecule has 0 atom stereocenters. The Labute approximate surface area is 164 Å². The van der Waals surface area contributed by atoms with Crippen LogP contribution in [0.25, 0.3) is 0 Å². The minimum atomic E-state index is -4.07. The first kappa shape index (κ1) is 21.2. The maximum Gasteiger partial charge on any atom is 0.326 e. The van der Waals surface area contributed by atoms with Crippen molar-refractivity contribution in [1.82, 2.24) is 0 Å². The maximum atomic E-state index is 13.2. The summed E-state index contributed by atoms with van der Waals surface area (Å²) >= 11 is 0. The van der Waals surface area contributed by atoms with Gasteiger partial charge >= 0.3 is 5.97 Å². The average Bonchev–Trinajstić information content (AvgIpc) is 2.66. The van der Waals surface area contributed by atoms with Gasteiger partial charge in [0, 0.05) is 18.7 Å². The fourth-order valence-corrected chi connectivity index (χ4v) is 3.85. The molecule has 2 aromatic rings.